The van der Waals surface area contributed by atoms with Gasteiger partial charge in [0.1, 0.15) is 11.8 Å². The van der Waals surface area contributed by atoms with Gasteiger partial charge in [0.25, 0.3) is 0 Å². The van der Waals surface area contributed by atoms with E-state index in [1.165, 1.54) is 0 Å². The van der Waals surface area contributed by atoms with Gasteiger partial charge in [-0.1, -0.05) is 12.1 Å². The van der Waals surface area contributed by atoms with Crippen molar-refractivity contribution in [1.29, 1.82) is 0 Å². The lowest BCUT2D eigenvalue weighted by Crippen LogP contribution is -2.33. The summed E-state index contributed by atoms with van der Waals surface area (Å²) >= 11 is 1.61. The Morgan fingerprint density at radius 2 is 2.33 bits per heavy atom. The molecule has 0 aromatic heterocycles. The average molecular weight is 267 g/mol. The molecule has 0 radical (unpaired) electrons. The molecule has 1 saturated heterocycles. The van der Waals surface area contributed by atoms with E-state index in [0.29, 0.717) is 5.75 Å². The molecule has 1 fully saturated rings. The number of benzene rings is 1. The van der Waals surface area contributed by atoms with Gasteiger partial charge in [-0.15, -0.1) is 11.8 Å². The fourth-order valence-corrected chi connectivity index (χ4v) is 3.05. The normalized spacial score (nSPS) is 23.3. The molecule has 1 unspecified atom stereocenters. The number of ether oxygens (including phenoxy) is 1. The van der Waals surface area contributed by atoms with E-state index in [1.807, 2.05) is 38.1 Å². The minimum Gasteiger partial charge on any atom is -0.491 e. The van der Waals surface area contributed by atoms with Crippen LogP contribution in [0.15, 0.2) is 24.3 Å². The molecule has 5 heteroatoms. The van der Waals surface area contributed by atoms with Crippen molar-refractivity contribution >= 4 is 17.7 Å². The SMILES string of the molecule is CC(C)Oc1cccc(C2N[C@@H](C(=O)O)CS2)c1. The summed E-state index contributed by atoms with van der Waals surface area (Å²) in [5.74, 6) is 0.623. The van der Waals surface area contributed by atoms with Crippen molar-refractivity contribution < 1.29 is 14.6 Å². The third kappa shape index (κ3) is 3.17. The lowest BCUT2D eigenvalue weighted by molar-refractivity contribution is -0.138. The number of hydrogen-bond donors (Lipinski definition) is 2. The van der Waals surface area contributed by atoms with Gasteiger partial charge < -0.3 is 9.84 Å². The van der Waals surface area contributed by atoms with Gasteiger partial charge in [0.05, 0.1) is 11.5 Å². The summed E-state index contributed by atoms with van der Waals surface area (Å²) in [6.07, 6.45) is 0.135. The fraction of sp³-hybridized carbons (Fsp3) is 0.462. The molecule has 2 rings (SSSR count). The highest BCUT2D eigenvalue weighted by molar-refractivity contribution is 7.99. The minimum atomic E-state index is -0.792. The molecule has 0 aliphatic carbocycles. The molecule has 1 aromatic rings. The number of aliphatic carboxylic acids is 1. The first-order valence-electron chi connectivity index (χ1n) is 5.93. The smallest absolute Gasteiger partial charge is 0.321 e. The summed E-state index contributed by atoms with van der Waals surface area (Å²) in [6.45, 7) is 3.96. The minimum absolute atomic E-state index is 0.0295. The molecule has 2 N–H and O–H groups in total. The van der Waals surface area contributed by atoms with Gasteiger partial charge in [0.2, 0.25) is 0 Å². The van der Waals surface area contributed by atoms with Crippen LogP contribution in [0.1, 0.15) is 24.8 Å². The summed E-state index contributed by atoms with van der Waals surface area (Å²) in [7, 11) is 0. The van der Waals surface area contributed by atoms with Crippen molar-refractivity contribution in [2.45, 2.75) is 31.4 Å². The van der Waals surface area contributed by atoms with E-state index in [2.05, 4.69) is 5.32 Å². The Labute approximate surface area is 111 Å². The molecule has 0 bridgehead atoms. The van der Waals surface area contributed by atoms with Crippen LogP contribution in [0, 0.1) is 0 Å². The van der Waals surface area contributed by atoms with Gasteiger partial charge in [-0.05, 0) is 31.5 Å². The predicted octanol–water partition coefficient (Wildman–Crippen LogP) is 2.26. The summed E-state index contributed by atoms with van der Waals surface area (Å²) in [5.41, 5.74) is 1.06. The Kier molecular flexibility index (Phi) is 4.14. The third-order valence-corrected chi connectivity index (χ3v) is 3.88. The Hall–Kier alpha value is -1.20. The molecule has 1 aliphatic rings. The van der Waals surface area contributed by atoms with Crippen LogP contribution in [-0.4, -0.2) is 29.0 Å². The van der Waals surface area contributed by atoms with Gasteiger partial charge >= 0.3 is 5.97 Å². The van der Waals surface area contributed by atoms with E-state index >= 15 is 0 Å². The van der Waals surface area contributed by atoms with Crippen LogP contribution >= 0.6 is 11.8 Å². The summed E-state index contributed by atoms with van der Waals surface area (Å²) in [6, 6.07) is 7.34. The van der Waals surface area contributed by atoms with Crippen molar-refractivity contribution in [1.82, 2.24) is 5.32 Å². The topological polar surface area (TPSA) is 58.6 Å². The second kappa shape index (κ2) is 5.63. The highest BCUT2D eigenvalue weighted by atomic mass is 32.2. The van der Waals surface area contributed by atoms with Gasteiger partial charge in [-0.2, -0.15) is 0 Å². The number of carboxylic acid groups (broad SMARTS) is 1. The molecule has 2 atom stereocenters. The van der Waals surface area contributed by atoms with Crippen molar-refractivity contribution in [2.24, 2.45) is 0 Å². The molecule has 0 amide bonds. The Balaban J connectivity index is 2.07. The molecular formula is C13H17NO3S. The van der Waals surface area contributed by atoms with Gasteiger partial charge in [-0.25, -0.2) is 0 Å². The highest BCUT2D eigenvalue weighted by Crippen LogP contribution is 2.34. The summed E-state index contributed by atoms with van der Waals surface area (Å²) in [5, 5.41) is 12.1. The molecule has 0 saturated carbocycles. The van der Waals surface area contributed by atoms with Crippen molar-refractivity contribution in [3.05, 3.63) is 29.8 Å². The molecule has 1 aromatic carbocycles. The van der Waals surface area contributed by atoms with E-state index in [1.54, 1.807) is 11.8 Å². The van der Waals surface area contributed by atoms with Crippen LogP contribution in [0.5, 0.6) is 5.75 Å². The molecule has 98 valence electrons. The zero-order valence-electron chi connectivity index (χ0n) is 10.4. The first-order chi connectivity index (χ1) is 8.56. The number of hydrogen-bond acceptors (Lipinski definition) is 4. The molecule has 1 aliphatic heterocycles. The predicted molar refractivity (Wildman–Crippen MR) is 72.0 cm³/mol. The number of nitrogens with one attached hydrogen (secondary N) is 1. The second-order valence-corrected chi connectivity index (χ2v) is 5.65. The van der Waals surface area contributed by atoms with E-state index in [-0.39, 0.29) is 11.5 Å². The van der Waals surface area contributed by atoms with Crippen LogP contribution in [0.25, 0.3) is 0 Å². The standard InChI is InChI=1S/C13H17NO3S/c1-8(2)17-10-5-3-4-9(6-10)12-14-11(7-18-12)13(15)16/h3-6,8,11-12,14H,7H2,1-2H3,(H,15,16)/t11-,12?/m1/s1. The molecular weight excluding hydrogens is 250 g/mol. The van der Waals surface area contributed by atoms with Crippen molar-refractivity contribution in [3.8, 4) is 5.75 Å². The maximum atomic E-state index is 10.9. The first-order valence-corrected chi connectivity index (χ1v) is 6.98. The average Bonchev–Trinajstić information content (AvgIpc) is 2.77. The van der Waals surface area contributed by atoms with E-state index < -0.39 is 12.0 Å². The number of carboxylic acids is 1. The summed E-state index contributed by atoms with van der Waals surface area (Å²) in [4.78, 5) is 10.9. The maximum absolute atomic E-state index is 10.9. The third-order valence-electron chi connectivity index (χ3n) is 2.61. The Morgan fingerprint density at radius 1 is 1.56 bits per heavy atom. The quantitative estimate of drug-likeness (QED) is 0.876. The molecule has 0 spiro atoms. The highest BCUT2D eigenvalue weighted by Gasteiger charge is 2.30. The number of carbonyl (C=O) groups is 1. The molecule has 4 nitrogen and oxygen atoms in total. The van der Waals surface area contributed by atoms with Crippen LogP contribution < -0.4 is 10.1 Å². The monoisotopic (exact) mass is 267 g/mol. The number of thioether (sulfide) groups is 1. The zero-order valence-corrected chi connectivity index (χ0v) is 11.2. The first kappa shape index (κ1) is 13.2. The fourth-order valence-electron chi connectivity index (χ4n) is 1.83. The lowest BCUT2D eigenvalue weighted by atomic mass is 10.2. The largest absolute Gasteiger partial charge is 0.491 e. The van der Waals surface area contributed by atoms with Crippen LogP contribution in [-0.2, 0) is 4.79 Å². The van der Waals surface area contributed by atoms with Crippen molar-refractivity contribution in [3.63, 3.8) is 0 Å². The van der Waals surface area contributed by atoms with E-state index in [0.717, 1.165) is 11.3 Å². The van der Waals surface area contributed by atoms with Gasteiger partial charge in [0, 0.05) is 5.75 Å². The second-order valence-electron chi connectivity index (χ2n) is 4.51. The summed E-state index contributed by atoms with van der Waals surface area (Å²) < 4.78 is 5.64. The zero-order chi connectivity index (χ0) is 13.1. The van der Waals surface area contributed by atoms with E-state index in [9.17, 15) is 4.79 Å². The Morgan fingerprint density at radius 3 is 2.94 bits per heavy atom. The van der Waals surface area contributed by atoms with Gasteiger partial charge in [-0.3, -0.25) is 10.1 Å². The van der Waals surface area contributed by atoms with Crippen molar-refractivity contribution in [2.75, 3.05) is 5.75 Å². The number of rotatable bonds is 4. The van der Waals surface area contributed by atoms with E-state index in [4.69, 9.17) is 9.84 Å². The lowest BCUT2D eigenvalue weighted by Gasteiger charge is -2.14. The van der Waals surface area contributed by atoms with Crippen LogP contribution in [0.3, 0.4) is 0 Å². The molecule has 1 heterocycles. The van der Waals surface area contributed by atoms with Crippen LogP contribution in [0.2, 0.25) is 0 Å². The van der Waals surface area contributed by atoms with Gasteiger partial charge in [0.15, 0.2) is 0 Å². The molecule has 18 heavy (non-hydrogen) atoms. The Bertz CT molecular complexity index is 436. The maximum Gasteiger partial charge on any atom is 0.321 e. The van der Waals surface area contributed by atoms with Crippen LogP contribution in [0.4, 0.5) is 0 Å².